The highest BCUT2D eigenvalue weighted by molar-refractivity contribution is 5.81. The molecule has 0 unspecified atom stereocenters. The molecular formula is C23H27N3O3. The molecule has 0 bridgehead atoms. The molecule has 0 saturated heterocycles. The van der Waals surface area contributed by atoms with Gasteiger partial charge in [0.25, 0.3) is 5.56 Å². The van der Waals surface area contributed by atoms with Gasteiger partial charge in [0.05, 0.1) is 17.6 Å². The number of carbonyl (C=O) groups excluding carboxylic acids is 1. The van der Waals surface area contributed by atoms with Crippen LogP contribution in [0.3, 0.4) is 0 Å². The number of nitrogens with one attached hydrogen (secondary N) is 1. The molecule has 1 amide bonds. The van der Waals surface area contributed by atoms with Crippen LogP contribution < -0.4 is 15.6 Å². The van der Waals surface area contributed by atoms with E-state index in [0.29, 0.717) is 30.8 Å². The Labute approximate surface area is 170 Å². The lowest BCUT2D eigenvalue weighted by Crippen LogP contribution is -2.34. The van der Waals surface area contributed by atoms with Gasteiger partial charge in [-0.25, -0.2) is 4.98 Å². The average Bonchev–Trinajstić information content (AvgIpc) is 2.69. The highest BCUT2D eigenvalue weighted by Crippen LogP contribution is 2.17. The number of hydrogen-bond donors (Lipinski definition) is 1. The van der Waals surface area contributed by atoms with Crippen molar-refractivity contribution < 1.29 is 9.53 Å². The van der Waals surface area contributed by atoms with Gasteiger partial charge in [-0.3, -0.25) is 14.2 Å². The van der Waals surface area contributed by atoms with E-state index in [4.69, 9.17) is 4.74 Å². The second kappa shape index (κ2) is 8.90. The first-order valence-electron chi connectivity index (χ1n) is 9.86. The summed E-state index contributed by atoms with van der Waals surface area (Å²) in [6.45, 7) is 8.74. The summed E-state index contributed by atoms with van der Waals surface area (Å²) in [6, 6.07) is 11.7. The molecule has 1 aromatic heterocycles. The fraction of sp³-hybridized carbons (Fsp3) is 0.348. The van der Waals surface area contributed by atoms with Crippen LogP contribution in [-0.2, 0) is 17.8 Å². The van der Waals surface area contributed by atoms with Gasteiger partial charge in [0, 0.05) is 6.54 Å². The molecule has 1 N–H and O–H groups in total. The second-order valence-electron chi connectivity index (χ2n) is 7.19. The van der Waals surface area contributed by atoms with Crippen molar-refractivity contribution in [2.45, 2.75) is 40.7 Å². The molecule has 2 aromatic carbocycles. The molecular weight excluding hydrogens is 366 g/mol. The molecule has 6 nitrogen and oxygen atoms in total. The van der Waals surface area contributed by atoms with Crippen molar-refractivity contribution >= 4 is 16.9 Å². The summed E-state index contributed by atoms with van der Waals surface area (Å²) in [7, 11) is 0. The van der Waals surface area contributed by atoms with Crippen molar-refractivity contribution in [1.82, 2.24) is 14.9 Å². The third kappa shape index (κ3) is 4.83. The maximum atomic E-state index is 12.6. The average molecular weight is 393 g/mol. The predicted molar refractivity (Wildman–Crippen MR) is 115 cm³/mol. The van der Waals surface area contributed by atoms with E-state index < -0.39 is 0 Å². The maximum Gasteiger partial charge on any atom is 0.272 e. The van der Waals surface area contributed by atoms with Crippen molar-refractivity contribution in [3.8, 4) is 5.75 Å². The lowest BCUT2D eigenvalue weighted by atomic mass is 10.1. The first kappa shape index (κ1) is 20.6. The molecule has 152 valence electrons. The summed E-state index contributed by atoms with van der Waals surface area (Å²) in [4.78, 5) is 29.5. The highest BCUT2D eigenvalue weighted by Gasteiger charge is 2.12. The minimum atomic E-state index is -0.234. The first-order chi connectivity index (χ1) is 13.9. The van der Waals surface area contributed by atoms with Crippen molar-refractivity contribution in [2.75, 3.05) is 13.2 Å². The number of carbonyl (C=O) groups is 1. The molecule has 0 radical (unpaired) electrons. The Hall–Kier alpha value is -3.15. The van der Waals surface area contributed by atoms with E-state index in [0.717, 1.165) is 28.0 Å². The van der Waals surface area contributed by atoms with Crippen molar-refractivity contribution in [3.63, 3.8) is 0 Å². The molecule has 3 rings (SSSR count). The van der Waals surface area contributed by atoms with Gasteiger partial charge in [0.2, 0.25) is 5.91 Å². The van der Waals surface area contributed by atoms with Crippen molar-refractivity contribution in [3.05, 3.63) is 69.1 Å². The van der Waals surface area contributed by atoms with E-state index in [9.17, 15) is 9.59 Å². The summed E-state index contributed by atoms with van der Waals surface area (Å²) in [5.41, 5.74) is 4.85. The van der Waals surface area contributed by atoms with Gasteiger partial charge in [-0.2, -0.15) is 0 Å². The van der Waals surface area contributed by atoms with E-state index >= 15 is 0 Å². The summed E-state index contributed by atoms with van der Waals surface area (Å²) in [6.07, 6.45) is 0.710. The molecule has 6 heteroatoms. The van der Waals surface area contributed by atoms with Crippen LogP contribution in [0.15, 0.2) is 41.2 Å². The zero-order valence-corrected chi connectivity index (χ0v) is 17.4. The number of aromatic nitrogens is 2. The fourth-order valence-corrected chi connectivity index (χ4v) is 3.25. The Morgan fingerprint density at radius 2 is 1.79 bits per heavy atom. The van der Waals surface area contributed by atoms with E-state index in [1.54, 1.807) is 6.92 Å². The molecule has 0 aliphatic heterocycles. The zero-order chi connectivity index (χ0) is 21.0. The Morgan fingerprint density at radius 3 is 2.48 bits per heavy atom. The quantitative estimate of drug-likeness (QED) is 0.670. The topological polar surface area (TPSA) is 73.2 Å². The Bertz CT molecular complexity index is 1090. The lowest BCUT2D eigenvalue weighted by molar-refractivity contribution is -0.121. The summed E-state index contributed by atoms with van der Waals surface area (Å²) < 4.78 is 6.94. The largest absolute Gasteiger partial charge is 0.494 e. The maximum absolute atomic E-state index is 12.6. The molecule has 29 heavy (non-hydrogen) atoms. The molecule has 1 heterocycles. The molecule has 3 aromatic rings. The molecule has 0 saturated carbocycles. The third-order valence-corrected chi connectivity index (χ3v) is 5.00. The molecule has 0 aliphatic rings. The minimum absolute atomic E-state index is 0.0233. The minimum Gasteiger partial charge on any atom is -0.494 e. The van der Waals surface area contributed by atoms with Gasteiger partial charge in [-0.15, -0.1) is 0 Å². The molecule has 0 spiro atoms. The summed E-state index contributed by atoms with van der Waals surface area (Å²) in [5.74, 6) is 0.647. The number of aryl methyl sites for hydroxylation is 3. The van der Waals surface area contributed by atoms with Crippen LogP contribution in [0.2, 0.25) is 0 Å². The predicted octanol–water partition coefficient (Wildman–Crippen LogP) is 3.08. The van der Waals surface area contributed by atoms with Crippen LogP contribution in [0.1, 0.15) is 29.3 Å². The van der Waals surface area contributed by atoms with Gasteiger partial charge in [-0.1, -0.05) is 12.1 Å². The second-order valence-corrected chi connectivity index (χ2v) is 7.19. The molecule has 0 atom stereocenters. The van der Waals surface area contributed by atoms with Gasteiger partial charge >= 0.3 is 0 Å². The van der Waals surface area contributed by atoms with Gasteiger partial charge in [0.15, 0.2) is 0 Å². The van der Waals surface area contributed by atoms with Crippen LogP contribution in [0.25, 0.3) is 11.0 Å². The van der Waals surface area contributed by atoms with E-state index in [1.165, 1.54) is 4.57 Å². The number of fused-ring (bicyclic) bond motifs is 1. The van der Waals surface area contributed by atoms with Gasteiger partial charge < -0.3 is 10.1 Å². The van der Waals surface area contributed by atoms with Gasteiger partial charge in [-0.05, 0) is 75.1 Å². The number of benzene rings is 2. The lowest BCUT2D eigenvalue weighted by Gasteiger charge is -2.13. The van der Waals surface area contributed by atoms with Crippen molar-refractivity contribution in [2.24, 2.45) is 0 Å². The number of rotatable bonds is 7. The summed E-state index contributed by atoms with van der Waals surface area (Å²) >= 11 is 0. The summed E-state index contributed by atoms with van der Waals surface area (Å²) in [5, 5.41) is 2.91. The number of hydrogen-bond acceptors (Lipinski definition) is 4. The number of ether oxygens (including phenoxy) is 1. The Kier molecular flexibility index (Phi) is 6.32. The Morgan fingerprint density at radius 1 is 1.10 bits per heavy atom. The Balaban J connectivity index is 1.69. The van der Waals surface area contributed by atoms with E-state index in [2.05, 4.69) is 10.3 Å². The monoisotopic (exact) mass is 393 g/mol. The first-order valence-corrected chi connectivity index (χ1v) is 9.86. The molecule has 0 fully saturated rings. The van der Waals surface area contributed by atoms with Crippen LogP contribution in [0.5, 0.6) is 5.75 Å². The normalized spacial score (nSPS) is 10.9. The SMILES string of the molecule is CCOc1ccc(CCNC(=O)Cn2c(=O)c(C)nc3cc(C)c(C)cc32)cc1. The highest BCUT2D eigenvalue weighted by atomic mass is 16.5. The number of amides is 1. The van der Waals surface area contributed by atoms with Crippen LogP contribution in [0, 0.1) is 20.8 Å². The van der Waals surface area contributed by atoms with Crippen LogP contribution in [-0.4, -0.2) is 28.6 Å². The zero-order valence-electron chi connectivity index (χ0n) is 17.4. The van der Waals surface area contributed by atoms with Gasteiger partial charge in [0.1, 0.15) is 18.0 Å². The van der Waals surface area contributed by atoms with Crippen molar-refractivity contribution in [1.29, 1.82) is 0 Å². The fourth-order valence-electron chi connectivity index (χ4n) is 3.25. The van der Waals surface area contributed by atoms with E-state index in [1.807, 2.05) is 57.2 Å². The molecule has 0 aliphatic carbocycles. The third-order valence-electron chi connectivity index (χ3n) is 5.00. The van der Waals surface area contributed by atoms with E-state index in [-0.39, 0.29) is 18.0 Å². The number of nitrogens with zero attached hydrogens (tertiary/aromatic N) is 2. The van der Waals surface area contributed by atoms with Crippen LogP contribution >= 0.6 is 0 Å². The van der Waals surface area contributed by atoms with Crippen LogP contribution in [0.4, 0.5) is 0 Å². The standard InChI is InChI=1S/C23H27N3O3/c1-5-29-19-8-6-18(7-9-19)10-11-24-22(27)14-26-21-13-16(3)15(2)12-20(21)25-17(4)23(26)28/h6-9,12-13H,5,10-11,14H2,1-4H3,(H,24,27). The smallest absolute Gasteiger partial charge is 0.272 e.